The lowest BCUT2D eigenvalue weighted by Crippen LogP contribution is -2.08. The van der Waals surface area contributed by atoms with E-state index in [9.17, 15) is 13.2 Å². The Bertz CT molecular complexity index is 421. The monoisotopic (exact) mass is 211 g/mol. The first-order valence-electron chi connectivity index (χ1n) is 4.31. The third kappa shape index (κ3) is 2.20. The highest BCUT2D eigenvalue weighted by atomic mass is 32.2. The molecule has 1 radical (unpaired) electrons. The van der Waals surface area contributed by atoms with Crippen molar-refractivity contribution >= 4 is 16.1 Å². The summed E-state index contributed by atoms with van der Waals surface area (Å²) in [5.41, 5.74) is 0.112. The maximum atomic E-state index is 11.6. The molecule has 14 heavy (non-hydrogen) atoms. The summed E-state index contributed by atoms with van der Waals surface area (Å²) < 4.78 is 23.3. The molecule has 0 saturated carbocycles. The van der Waals surface area contributed by atoms with Gasteiger partial charge in [-0.05, 0) is 18.6 Å². The molecule has 0 N–H and O–H groups in total. The van der Waals surface area contributed by atoms with Gasteiger partial charge in [-0.1, -0.05) is 19.1 Å². The molecule has 1 aromatic carbocycles. The minimum absolute atomic E-state index is 0.0612. The Hall–Kier alpha value is -1.16. The van der Waals surface area contributed by atoms with Gasteiger partial charge in [0.05, 0.1) is 10.6 Å². The fourth-order valence-electron chi connectivity index (χ4n) is 1.20. The topological polar surface area (TPSA) is 51.2 Å². The van der Waals surface area contributed by atoms with E-state index in [1.54, 1.807) is 25.3 Å². The van der Waals surface area contributed by atoms with E-state index < -0.39 is 9.84 Å². The molecule has 1 rings (SSSR count). The quantitative estimate of drug-likeness (QED) is 0.755. The highest BCUT2D eigenvalue weighted by Crippen LogP contribution is 2.15. The molecule has 75 valence electrons. The van der Waals surface area contributed by atoms with Gasteiger partial charge in [0, 0.05) is 5.56 Å². The second-order valence-corrected chi connectivity index (χ2v) is 4.99. The number of rotatable bonds is 4. The summed E-state index contributed by atoms with van der Waals surface area (Å²) >= 11 is 0. The SMILES string of the molecule is CCCS(=O)(=O)c1ccccc1[C]=O. The molecule has 3 nitrogen and oxygen atoms in total. The van der Waals surface area contributed by atoms with Crippen molar-refractivity contribution in [3.8, 4) is 0 Å². The Balaban J connectivity index is 3.25. The van der Waals surface area contributed by atoms with Crippen LogP contribution in [0.15, 0.2) is 29.2 Å². The van der Waals surface area contributed by atoms with Crippen molar-refractivity contribution in [3.63, 3.8) is 0 Å². The molecule has 0 bridgehead atoms. The predicted molar refractivity (Wildman–Crippen MR) is 53.6 cm³/mol. The van der Waals surface area contributed by atoms with Crippen molar-refractivity contribution in [2.24, 2.45) is 0 Å². The normalized spacial score (nSPS) is 11.2. The van der Waals surface area contributed by atoms with Gasteiger partial charge < -0.3 is 0 Å². The zero-order valence-electron chi connectivity index (χ0n) is 7.86. The first kappa shape index (κ1) is 10.9. The van der Waals surface area contributed by atoms with E-state index in [2.05, 4.69) is 0 Å². The highest BCUT2D eigenvalue weighted by molar-refractivity contribution is 7.91. The zero-order valence-corrected chi connectivity index (χ0v) is 8.67. The molecule has 0 heterocycles. The van der Waals surface area contributed by atoms with Crippen LogP contribution in [0.3, 0.4) is 0 Å². The molecule has 0 spiro atoms. The van der Waals surface area contributed by atoms with Crippen molar-refractivity contribution in [1.29, 1.82) is 0 Å². The average molecular weight is 211 g/mol. The zero-order chi connectivity index (χ0) is 10.6. The lowest BCUT2D eigenvalue weighted by molar-refractivity contribution is 0.560. The summed E-state index contributed by atoms with van der Waals surface area (Å²) in [4.78, 5) is 10.6. The number of hydrogen-bond acceptors (Lipinski definition) is 3. The van der Waals surface area contributed by atoms with Crippen molar-refractivity contribution in [1.82, 2.24) is 0 Å². The Kier molecular flexibility index (Phi) is 3.41. The fraction of sp³-hybridized carbons (Fsp3) is 0.300. The summed E-state index contributed by atoms with van der Waals surface area (Å²) in [7, 11) is -3.32. The lowest BCUT2D eigenvalue weighted by Gasteiger charge is -2.03. The van der Waals surface area contributed by atoms with Gasteiger partial charge in [0.15, 0.2) is 9.84 Å². The van der Waals surface area contributed by atoms with Crippen LogP contribution in [-0.4, -0.2) is 20.5 Å². The molecule has 1 aromatic rings. The molecule has 0 aliphatic heterocycles. The summed E-state index contributed by atoms with van der Waals surface area (Å²) in [5, 5.41) is 0. The minimum atomic E-state index is -3.32. The van der Waals surface area contributed by atoms with E-state index in [0.29, 0.717) is 6.42 Å². The van der Waals surface area contributed by atoms with E-state index in [0.717, 1.165) is 0 Å². The molecule has 0 saturated heterocycles. The average Bonchev–Trinajstić information content (AvgIpc) is 2.18. The maximum Gasteiger partial charge on any atom is 0.234 e. The van der Waals surface area contributed by atoms with Gasteiger partial charge in [-0.25, -0.2) is 8.42 Å². The van der Waals surface area contributed by atoms with Crippen LogP contribution in [0, 0.1) is 0 Å². The van der Waals surface area contributed by atoms with Crippen LogP contribution in [-0.2, 0) is 14.6 Å². The second-order valence-electron chi connectivity index (χ2n) is 2.92. The van der Waals surface area contributed by atoms with Crippen LogP contribution >= 0.6 is 0 Å². The number of hydrogen-bond donors (Lipinski definition) is 0. The summed E-state index contributed by atoms with van der Waals surface area (Å²) in [6.07, 6.45) is 2.17. The van der Waals surface area contributed by atoms with Crippen molar-refractivity contribution in [2.75, 3.05) is 5.75 Å². The Labute approximate surface area is 83.7 Å². The molecule has 0 fully saturated rings. The summed E-state index contributed by atoms with van der Waals surface area (Å²) in [6, 6.07) is 6.11. The van der Waals surface area contributed by atoms with Gasteiger partial charge in [-0.15, -0.1) is 0 Å². The molecule has 0 aliphatic carbocycles. The largest absolute Gasteiger partial charge is 0.285 e. The third-order valence-corrected chi connectivity index (χ3v) is 3.78. The summed E-state index contributed by atoms with van der Waals surface area (Å²) in [5.74, 6) is 0.0612. The van der Waals surface area contributed by atoms with Crippen LogP contribution in [0.1, 0.15) is 18.9 Å². The first-order valence-corrected chi connectivity index (χ1v) is 5.97. The Morgan fingerprint density at radius 2 is 1.93 bits per heavy atom. The number of sulfone groups is 1. The summed E-state index contributed by atoms with van der Waals surface area (Å²) in [6.45, 7) is 1.78. The van der Waals surface area contributed by atoms with Gasteiger partial charge in [0.1, 0.15) is 0 Å². The van der Waals surface area contributed by atoms with E-state index in [-0.39, 0.29) is 16.2 Å². The maximum absolute atomic E-state index is 11.6. The standard InChI is InChI=1S/C10H11O3S/c1-2-7-14(12,13)10-6-4-3-5-9(10)8-11/h3-6H,2,7H2,1H3. The van der Waals surface area contributed by atoms with Gasteiger partial charge in [0.2, 0.25) is 6.29 Å². The third-order valence-electron chi connectivity index (χ3n) is 1.80. The highest BCUT2D eigenvalue weighted by Gasteiger charge is 2.16. The Morgan fingerprint density at radius 1 is 1.29 bits per heavy atom. The van der Waals surface area contributed by atoms with Crippen molar-refractivity contribution in [3.05, 3.63) is 29.8 Å². The van der Waals surface area contributed by atoms with Crippen molar-refractivity contribution in [2.45, 2.75) is 18.2 Å². The van der Waals surface area contributed by atoms with Crippen LogP contribution in [0.4, 0.5) is 0 Å². The molecule has 0 amide bonds. The van der Waals surface area contributed by atoms with Crippen molar-refractivity contribution < 1.29 is 13.2 Å². The molecule has 0 aromatic heterocycles. The fourth-order valence-corrected chi connectivity index (χ4v) is 2.69. The van der Waals surface area contributed by atoms with E-state index in [1.807, 2.05) is 0 Å². The van der Waals surface area contributed by atoms with Crippen LogP contribution in [0.25, 0.3) is 0 Å². The second kappa shape index (κ2) is 4.37. The minimum Gasteiger partial charge on any atom is -0.285 e. The molecule has 0 aliphatic rings. The number of carbonyl (C=O) groups excluding carboxylic acids is 1. The first-order chi connectivity index (χ1) is 6.61. The molecular weight excluding hydrogens is 200 g/mol. The predicted octanol–water partition coefficient (Wildman–Crippen LogP) is 1.33. The van der Waals surface area contributed by atoms with Gasteiger partial charge in [0.25, 0.3) is 0 Å². The molecular formula is C10H11O3S. The van der Waals surface area contributed by atoms with E-state index >= 15 is 0 Å². The van der Waals surface area contributed by atoms with E-state index in [4.69, 9.17) is 0 Å². The lowest BCUT2D eigenvalue weighted by atomic mass is 10.2. The smallest absolute Gasteiger partial charge is 0.234 e. The van der Waals surface area contributed by atoms with Crippen LogP contribution in [0.5, 0.6) is 0 Å². The van der Waals surface area contributed by atoms with Gasteiger partial charge in [-0.3, -0.25) is 4.79 Å². The molecule has 4 heteroatoms. The van der Waals surface area contributed by atoms with E-state index in [1.165, 1.54) is 12.1 Å². The van der Waals surface area contributed by atoms with Gasteiger partial charge >= 0.3 is 0 Å². The Morgan fingerprint density at radius 3 is 2.50 bits per heavy atom. The molecule has 0 unspecified atom stereocenters. The molecule has 0 atom stereocenters. The van der Waals surface area contributed by atoms with Gasteiger partial charge in [-0.2, -0.15) is 0 Å². The number of benzene rings is 1. The van der Waals surface area contributed by atoms with Crippen LogP contribution in [0.2, 0.25) is 0 Å². The van der Waals surface area contributed by atoms with Crippen LogP contribution < -0.4 is 0 Å².